The van der Waals surface area contributed by atoms with E-state index in [0.717, 1.165) is 25.7 Å². The van der Waals surface area contributed by atoms with Crippen molar-refractivity contribution in [2.75, 3.05) is 4.72 Å². The van der Waals surface area contributed by atoms with Crippen LogP contribution in [-0.2, 0) is 10.0 Å². The van der Waals surface area contributed by atoms with E-state index in [9.17, 15) is 13.2 Å². The second-order valence-electron chi connectivity index (χ2n) is 6.41. The highest BCUT2D eigenvalue weighted by atomic mass is 35.5. The van der Waals surface area contributed by atoms with Gasteiger partial charge in [-0.3, -0.25) is 9.52 Å². The van der Waals surface area contributed by atoms with Gasteiger partial charge in [-0.15, -0.1) is 0 Å². The van der Waals surface area contributed by atoms with E-state index in [-0.39, 0.29) is 22.5 Å². The standard InChI is InChI=1S/C19H21ClN2O3S/c20-14-10-12-16(13-11-14)26(24,25)22-18-9-5-4-8-17(18)19(23)21-15-6-2-1-3-7-15/h4-5,8-13,15,22H,1-3,6-7H2,(H,21,23). The zero-order chi connectivity index (χ0) is 18.6. The average Bonchev–Trinajstić information content (AvgIpc) is 2.63. The first kappa shape index (κ1) is 18.7. The number of hydrogen-bond acceptors (Lipinski definition) is 3. The van der Waals surface area contributed by atoms with Crippen LogP contribution in [0, 0.1) is 0 Å². The smallest absolute Gasteiger partial charge is 0.261 e. The molecule has 1 aliphatic rings. The van der Waals surface area contributed by atoms with E-state index in [1.54, 1.807) is 24.3 Å². The van der Waals surface area contributed by atoms with E-state index < -0.39 is 10.0 Å². The molecule has 3 rings (SSSR count). The largest absolute Gasteiger partial charge is 0.349 e. The van der Waals surface area contributed by atoms with E-state index in [2.05, 4.69) is 10.0 Å². The minimum absolute atomic E-state index is 0.0874. The number of anilines is 1. The molecule has 0 bridgehead atoms. The van der Waals surface area contributed by atoms with Crippen molar-refractivity contribution in [2.45, 2.75) is 43.0 Å². The fraction of sp³-hybridized carbons (Fsp3) is 0.316. The average molecular weight is 393 g/mol. The molecule has 1 aliphatic carbocycles. The van der Waals surface area contributed by atoms with E-state index in [1.807, 2.05) is 0 Å². The molecule has 2 aromatic carbocycles. The number of rotatable bonds is 5. The number of halogens is 1. The van der Waals surface area contributed by atoms with Crippen LogP contribution in [0.2, 0.25) is 5.02 Å². The lowest BCUT2D eigenvalue weighted by molar-refractivity contribution is 0.0928. The van der Waals surface area contributed by atoms with Crippen LogP contribution in [0.15, 0.2) is 53.4 Å². The number of sulfonamides is 1. The maximum atomic E-state index is 12.6. The first-order valence-corrected chi connectivity index (χ1v) is 10.5. The molecule has 1 amide bonds. The summed E-state index contributed by atoms with van der Waals surface area (Å²) in [4.78, 5) is 12.7. The van der Waals surface area contributed by atoms with E-state index in [1.165, 1.54) is 30.7 Å². The minimum Gasteiger partial charge on any atom is -0.349 e. The molecular formula is C19H21ClN2O3S. The highest BCUT2D eigenvalue weighted by molar-refractivity contribution is 7.92. The Morgan fingerprint density at radius 2 is 1.62 bits per heavy atom. The lowest BCUT2D eigenvalue weighted by Gasteiger charge is -2.23. The third-order valence-corrected chi connectivity index (χ3v) is 6.11. The van der Waals surface area contributed by atoms with Crippen LogP contribution >= 0.6 is 11.6 Å². The van der Waals surface area contributed by atoms with Gasteiger partial charge in [-0.05, 0) is 49.2 Å². The van der Waals surface area contributed by atoms with Crippen LogP contribution in [0.3, 0.4) is 0 Å². The second kappa shape index (κ2) is 8.10. The fourth-order valence-electron chi connectivity index (χ4n) is 3.10. The summed E-state index contributed by atoms with van der Waals surface area (Å²) in [5.74, 6) is -0.258. The summed E-state index contributed by atoms with van der Waals surface area (Å²) < 4.78 is 27.7. The Bertz CT molecular complexity index is 876. The monoisotopic (exact) mass is 392 g/mol. The van der Waals surface area contributed by atoms with Crippen molar-refractivity contribution >= 4 is 33.2 Å². The van der Waals surface area contributed by atoms with Gasteiger partial charge in [-0.25, -0.2) is 8.42 Å². The van der Waals surface area contributed by atoms with Gasteiger partial charge in [0, 0.05) is 11.1 Å². The molecule has 138 valence electrons. The molecule has 2 aromatic rings. The Labute approximate surface area is 158 Å². The summed E-state index contributed by atoms with van der Waals surface area (Å²) in [7, 11) is -3.81. The van der Waals surface area contributed by atoms with Crippen LogP contribution in [0.4, 0.5) is 5.69 Å². The lowest BCUT2D eigenvalue weighted by atomic mass is 9.95. The first-order valence-electron chi connectivity index (χ1n) is 8.64. The molecule has 0 heterocycles. The van der Waals surface area contributed by atoms with Gasteiger partial charge in [0.05, 0.1) is 16.1 Å². The quantitative estimate of drug-likeness (QED) is 0.800. The molecule has 0 spiro atoms. The molecule has 0 unspecified atom stereocenters. The van der Waals surface area contributed by atoms with Gasteiger partial charge >= 0.3 is 0 Å². The number of amides is 1. The summed E-state index contributed by atoms with van der Waals surface area (Å²) in [6, 6.07) is 12.6. The van der Waals surface area contributed by atoms with Crippen LogP contribution in [0.1, 0.15) is 42.5 Å². The van der Waals surface area contributed by atoms with Gasteiger partial charge in [-0.2, -0.15) is 0 Å². The van der Waals surface area contributed by atoms with Crippen LogP contribution in [-0.4, -0.2) is 20.4 Å². The molecule has 0 aromatic heterocycles. The molecule has 1 saturated carbocycles. The maximum Gasteiger partial charge on any atom is 0.261 e. The van der Waals surface area contributed by atoms with Gasteiger partial charge in [-0.1, -0.05) is 43.0 Å². The molecule has 0 aliphatic heterocycles. The summed E-state index contributed by atoms with van der Waals surface area (Å²) in [6.45, 7) is 0. The summed E-state index contributed by atoms with van der Waals surface area (Å²) in [5.41, 5.74) is 0.575. The van der Waals surface area contributed by atoms with Crippen molar-refractivity contribution in [3.8, 4) is 0 Å². The molecule has 0 saturated heterocycles. The topological polar surface area (TPSA) is 75.3 Å². The molecule has 26 heavy (non-hydrogen) atoms. The molecule has 0 radical (unpaired) electrons. The van der Waals surface area contributed by atoms with Gasteiger partial charge in [0.2, 0.25) is 0 Å². The third-order valence-electron chi connectivity index (χ3n) is 4.48. The van der Waals surface area contributed by atoms with Crippen molar-refractivity contribution in [3.63, 3.8) is 0 Å². The second-order valence-corrected chi connectivity index (χ2v) is 8.53. The van der Waals surface area contributed by atoms with E-state index in [4.69, 9.17) is 11.6 Å². The van der Waals surface area contributed by atoms with Crippen LogP contribution in [0.5, 0.6) is 0 Å². The fourth-order valence-corrected chi connectivity index (χ4v) is 4.30. The van der Waals surface area contributed by atoms with Gasteiger partial charge in [0.25, 0.3) is 15.9 Å². The Morgan fingerprint density at radius 3 is 2.31 bits per heavy atom. The molecule has 2 N–H and O–H groups in total. The number of carbonyl (C=O) groups is 1. The predicted octanol–water partition coefficient (Wildman–Crippen LogP) is 4.20. The Kier molecular flexibility index (Phi) is 5.84. The molecule has 7 heteroatoms. The molecule has 5 nitrogen and oxygen atoms in total. The van der Waals surface area contributed by atoms with Crippen LogP contribution < -0.4 is 10.0 Å². The van der Waals surface area contributed by atoms with Crippen molar-refractivity contribution in [1.82, 2.24) is 5.32 Å². The minimum atomic E-state index is -3.81. The zero-order valence-corrected chi connectivity index (χ0v) is 15.8. The number of carbonyl (C=O) groups excluding carboxylic acids is 1. The zero-order valence-electron chi connectivity index (χ0n) is 14.2. The Morgan fingerprint density at radius 1 is 0.962 bits per heavy atom. The van der Waals surface area contributed by atoms with Crippen LogP contribution in [0.25, 0.3) is 0 Å². The predicted molar refractivity (Wildman–Crippen MR) is 103 cm³/mol. The highest BCUT2D eigenvalue weighted by Gasteiger charge is 2.21. The van der Waals surface area contributed by atoms with Crippen molar-refractivity contribution < 1.29 is 13.2 Å². The van der Waals surface area contributed by atoms with Crippen molar-refractivity contribution in [1.29, 1.82) is 0 Å². The third kappa shape index (κ3) is 4.56. The summed E-state index contributed by atoms with van der Waals surface area (Å²) in [5, 5.41) is 3.47. The number of hydrogen-bond donors (Lipinski definition) is 2. The maximum absolute atomic E-state index is 12.6. The van der Waals surface area contributed by atoms with Gasteiger partial charge in [0.1, 0.15) is 0 Å². The Hall–Kier alpha value is -2.05. The highest BCUT2D eigenvalue weighted by Crippen LogP contribution is 2.23. The van der Waals surface area contributed by atoms with Crippen molar-refractivity contribution in [3.05, 3.63) is 59.1 Å². The van der Waals surface area contributed by atoms with Crippen molar-refractivity contribution in [2.24, 2.45) is 0 Å². The summed E-state index contributed by atoms with van der Waals surface area (Å²) >= 11 is 5.81. The van der Waals surface area contributed by atoms with E-state index >= 15 is 0 Å². The van der Waals surface area contributed by atoms with E-state index in [0.29, 0.717) is 10.6 Å². The number of nitrogens with one attached hydrogen (secondary N) is 2. The first-order chi connectivity index (χ1) is 12.5. The lowest BCUT2D eigenvalue weighted by Crippen LogP contribution is -2.36. The number of para-hydroxylation sites is 1. The van der Waals surface area contributed by atoms with Gasteiger partial charge in [0.15, 0.2) is 0 Å². The normalized spacial score (nSPS) is 15.4. The summed E-state index contributed by atoms with van der Waals surface area (Å²) in [6.07, 6.45) is 5.34. The molecule has 1 fully saturated rings. The molecule has 0 atom stereocenters. The SMILES string of the molecule is O=C(NC1CCCCC1)c1ccccc1NS(=O)(=O)c1ccc(Cl)cc1. The van der Waals surface area contributed by atoms with Gasteiger partial charge < -0.3 is 5.32 Å². The number of benzene rings is 2. The Balaban J connectivity index is 1.80. The molecular weight excluding hydrogens is 372 g/mol.